The van der Waals surface area contributed by atoms with Gasteiger partial charge in [0.1, 0.15) is 0 Å². The minimum Gasteiger partial charge on any atom is -0.444 e. The van der Waals surface area contributed by atoms with E-state index in [1.54, 1.807) is 19.1 Å². The zero-order chi connectivity index (χ0) is 15.6. The molecule has 21 heavy (non-hydrogen) atoms. The minimum absolute atomic E-state index is 0.0755. The second kappa shape index (κ2) is 6.00. The van der Waals surface area contributed by atoms with Crippen LogP contribution in [-0.4, -0.2) is 21.4 Å². The lowest BCUT2D eigenvalue weighted by atomic mass is 10.2. The Morgan fingerprint density at radius 2 is 1.95 bits per heavy atom. The highest BCUT2D eigenvalue weighted by Gasteiger charge is 2.16. The number of rotatable bonds is 4. The van der Waals surface area contributed by atoms with Crippen molar-refractivity contribution in [1.29, 1.82) is 0 Å². The Hall–Kier alpha value is -1.64. The Morgan fingerprint density at radius 1 is 1.24 bits per heavy atom. The van der Waals surface area contributed by atoms with E-state index in [4.69, 9.17) is 4.42 Å². The van der Waals surface area contributed by atoms with E-state index in [2.05, 4.69) is 26.0 Å². The van der Waals surface area contributed by atoms with Crippen LogP contribution in [0.5, 0.6) is 0 Å². The van der Waals surface area contributed by atoms with Gasteiger partial charge in [0.25, 0.3) is 5.91 Å². The summed E-state index contributed by atoms with van der Waals surface area (Å²) in [4.78, 5) is 12.1. The van der Waals surface area contributed by atoms with Gasteiger partial charge in [-0.3, -0.25) is 4.79 Å². The molecule has 1 heterocycles. The summed E-state index contributed by atoms with van der Waals surface area (Å²) in [5.74, 6) is -0.328. The molecule has 2 N–H and O–H groups in total. The number of carbonyl (C=O) groups excluding carboxylic acids is 1. The molecule has 1 aromatic carbocycles. The summed E-state index contributed by atoms with van der Waals surface area (Å²) in [7, 11) is -2.24. The maximum atomic E-state index is 12.0. The van der Waals surface area contributed by atoms with Crippen molar-refractivity contribution in [2.24, 2.45) is 0 Å². The zero-order valence-electron chi connectivity index (χ0n) is 11.3. The first-order valence-electron chi connectivity index (χ1n) is 5.94. The highest BCUT2D eigenvalue weighted by atomic mass is 79.9. The zero-order valence-corrected chi connectivity index (χ0v) is 13.7. The monoisotopic (exact) mass is 372 g/mol. The number of benzene rings is 1. The fourth-order valence-electron chi connectivity index (χ4n) is 1.64. The summed E-state index contributed by atoms with van der Waals surface area (Å²) < 4.78 is 31.4. The molecule has 2 rings (SSSR count). The number of carbonyl (C=O) groups is 1. The molecular weight excluding hydrogens is 360 g/mol. The number of amides is 1. The Kier molecular flexibility index (Phi) is 4.50. The van der Waals surface area contributed by atoms with Gasteiger partial charge in [-0.1, -0.05) is 6.07 Å². The lowest BCUT2D eigenvalue weighted by Gasteiger charge is -2.10. The van der Waals surface area contributed by atoms with Gasteiger partial charge in [0, 0.05) is 5.69 Å². The van der Waals surface area contributed by atoms with E-state index in [1.165, 1.54) is 25.2 Å². The number of nitrogens with one attached hydrogen (secondary N) is 2. The number of anilines is 1. The molecule has 0 saturated carbocycles. The smallest absolute Gasteiger partial charge is 0.291 e. The van der Waals surface area contributed by atoms with Crippen molar-refractivity contribution in [3.63, 3.8) is 0 Å². The topological polar surface area (TPSA) is 88.4 Å². The number of furan rings is 1. The third-order valence-corrected chi connectivity index (χ3v) is 4.67. The molecule has 0 aliphatic heterocycles. The predicted molar refractivity (Wildman–Crippen MR) is 81.8 cm³/mol. The highest BCUT2D eigenvalue weighted by molar-refractivity contribution is 9.10. The lowest BCUT2D eigenvalue weighted by molar-refractivity contribution is 0.0995. The Balaban J connectivity index is 2.32. The van der Waals surface area contributed by atoms with Crippen molar-refractivity contribution in [3.05, 3.63) is 46.3 Å². The van der Waals surface area contributed by atoms with E-state index in [1.807, 2.05) is 0 Å². The molecule has 0 bridgehead atoms. The Morgan fingerprint density at radius 3 is 2.52 bits per heavy atom. The van der Waals surface area contributed by atoms with Crippen molar-refractivity contribution < 1.29 is 17.6 Å². The first-order chi connectivity index (χ1) is 9.83. The van der Waals surface area contributed by atoms with Crippen molar-refractivity contribution in [1.82, 2.24) is 4.72 Å². The van der Waals surface area contributed by atoms with E-state index in [-0.39, 0.29) is 10.7 Å². The summed E-state index contributed by atoms with van der Waals surface area (Å²) in [6, 6.07) is 7.61. The van der Waals surface area contributed by atoms with Gasteiger partial charge in [-0.25, -0.2) is 13.1 Å². The third-order valence-electron chi connectivity index (χ3n) is 2.83. The quantitative estimate of drug-likeness (QED) is 0.862. The summed E-state index contributed by atoms with van der Waals surface area (Å²) >= 11 is 3.11. The van der Waals surface area contributed by atoms with Crippen LogP contribution in [0.4, 0.5) is 5.69 Å². The number of hydrogen-bond donors (Lipinski definition) is 2. The number of hydrogen-bond acceptors (Lipinski definition) is 4. The molecule has 8 heteroatoms. The van der Waals surface area contributed by atoms with Crippen LogP contribution < -0.4 is 10.0 Å². The van der Waals surface area contributed by atoms with Gasteiger partial charge in [0.2, 0.25) is 10.0 Å². The highest BCUT2D eigenvalue weighted by Crippen LogP contribution is 2.22. The fraction of sp³-hybridized carbons (Fsp3) is 0.154. The molecule has 0 atom stereocenters. The molecule has 112 valence electrons. The molecule has 0 saturated heterocycles. The molecular formula is C13H13BrN2O4S. The first-order valence-corrected chi connectivity index (χ1v) is 8.22. The van der Waals surface area contributed by atoms with Crippen LogP contribution in [0.1, 0.15) is 16.1 Å². The van der Waals surface area contributed by atoms with Crippen LogP contribution in [0.3, 0.4) is 0 Å². The predicted octanol–water partition coefficient (Wildman–Crippen LogP) is 2.51. The van der Waals surface area contributed by atoms with Crippen LogP contribution in [0.15, 0.2) is 44.3 Å². The number of sulfonamides is 1. The van der Waals surface area contributed by atoms with Crippen molar-refractivity contribution in [2.45, 2.75) is 11.8 Å². The van der Waals surface area contributed by atoms with E-state index < -0.39 is 15.9 Å². The van der Waals surface area contributed by atoms with Gasteiger partial charge in [0.15, 0.2) is 10.4 Å². The third kappa shape index (κ3) is 3.52. The molecule has 1 aromatic heterocycles. The van der Waals surface area contributed by atoms with Crippen LogP contribution in [0.2, 0.25) is 0 Å². The normalized spacial score (nSPS) is 11.4. The SMILES string of the molecule is CNS(=O)(=O)c1ccc(C)c(NC(=O)c2ccc(Br)o2)c1. The van der Waals surface area contributed by atoms with Crippen LogP contribution in [0.25, 0.3) is 0 Å². The fourth-order valence-corrected chi connectivity index (χ4v) is 2.70. The van der Waals surface area contributed by atoms with Crippen molar-refractivity contribution >= 4 is 37.5 Å². The molecule has 0 aliphatic carbocycles. The Labute approximate surface area is 130 Å². The van der Waals surface area contributed by atoms with Crippen molar-refractivity contribution in [2.75, 3.05) is 12.4 Å². The molecule has 1 amide bonds. The average Bonchev–Trinajstić information content (AvgIpc) is 2.87. The molecule has 0 spiro atoms. The molecule has 0 aliphatic rings. The van der Waals surface area contributed by atoms with Crippen LogP contribution in [0, 0.1) is 6.92 Å². The number of aryl methyl sites for hydroxylation is 1. The molecule has 0 radical (unpaired) electrons. The molecule has 0 fully saturated rings. The second-order valence-electron chi connectivity index (χ2n) is 4.24. The second-order valence-corrected chi connectivity index (χ2v) is 6.91. The molecule has 6 nitrogen and oxygen atoms in total. The molecule has 0 unspecified atom stereocenters. The maximum absolute atomic E-state index is 12.0. The van der Waals surface area contributed by atoms with Gasteiger partial charge in [-0.05, 0) is 59.7 Å². The van der Waals surface area contributed by atoms with E-state index >= 15 is 0 Å². The van der Waals surface area contributed by atoms with Crippen molar-refractivity contribution in [3.8, 4) is 0 Å². The summed E-state index contributed by atoms with van der Waals surface area (Å²) in [6.07, 6.45) is 0. The standard InChI is InChI=1S/C13H13BrN2O4S/c1-8-3-4-9(21(18,19)15-2)7-10(8)16-13(17)11-5-6-12(14)20-11/h3-7,15H,1-2H3,(H,16,17). The van der Waals surface area contributed by atoms with Crippen LogP contribution in [-0.2, 0) is 10.0 Å². The van der Waals surface area contributed by atoms with Crippen LogP contribution >= 0.6 is 15.9 Å². The van der Waals surface area contributed by atoms with Gasteiger partial charge in [-0.2, -0.15) is 0 Å². The summed E-state index contributed by atoms with van der Waals surface area (Å²) in [5, 5.41) is 2.63. The minimum atomic E-state index is -3.57. The van der Waals surface area contributed by atoms with E-state index in [0.717, 1.165) is 5.56 Å². The van der Waals surface area contributed by atoms with Gasteiger partial charge in [0.05, 0.1) is 4.90 Å². The van der Waals surface area contributed by atoms with E-state index in [9.17, 15) is 13.2 Å². The van der Waals surface area contributed by atoms with E-state index in [0.29, 0.717) is 10.4 Å². The van der Waals surface area contributed by atoms with Gasteiger partial charge in [-0.15, -0.1) is 0 Å². The maximum Gasteiger partial charge on any atom is 0.291 e. The molecule has 2 aromatic rings. The number of halogens is 1. The Bertz CT molecular complexity index is 783. The average molecular weight is 373 g/mol. The van der Waals surface area contributed by atoms with Gasteiger partial charge < -0.3 is 9.73 Å². The summed E-state index contributed by atoms with van der Waals surface area (Å²) in [5.41, 5.74) is 1.15. The van der Waals surface area contributed by atoms with Gasteiger partial charge >= 0.3 is 0 Å². The first kappa shape index (κ1) is 15.7. The lowest BCUT2D eigenvalue weighted by Crippen LogP contribution is -2.19. The largest absolute Gasteiger partial charge is 0.444 e. The summed E-state index contributed by atoms with van der Waals surface area (Å²) in [6.45, 7) is 1.77.